The molecule has 1 N–H and O–H groups in total. The lowest BCUT2D eigenvalue weighted by Gasteiger charge is -2.11. The van der Waals surface area contributed by atoms with Gasteiger partial charge in [0.2, 0.25) is 5.78 Å². The van der Waals surface area contributed by atoms with E-state index in [2.05, 4.69) is 11.9 Å². The van der Waals surface area contributed by atoms with E-state index in [1.165, 1.54) is 0 Å². The van der Waals surface area contributed by atoms with Gasteiger partial charge in [0, 0.05) is 29.1 Å². The van der Waals surface area contributed by atoms with Crippen molar-refractivity contribution in [3.8, 4) is 0 Å². The van der Waals surface area contributed by atoms with Gasteiger partial charge >= 0.3 is 5.97 Å². The van der Waals surface area contributed by atoms with Gasteiger partial charge in [-0.1, -0.05) is 25.1 Å². The van der Waals surface area contributed by atoms with Crippen LogP contribution >= 0.6 is 23.2 Å². The number of nitrogens with one attached hydrogen (secondary N) is 1. The Morgan fingerprint density at radius 1 is 1.35 bits per heavy atom. The lowest BCUT2D eigenvalue weighted by Crippen LogP contribution is -2.24. The Bertz CT molecular complexity index is 796. The Kier molecular flexibility index (Phi) is 3.93. The Labute approximate surface area is 144 Å². The lowest BCUT2D eigenvalue weighted by atomic mass is 10.1. The molecule has 1 fully saturated rings. The zero-order chi connectivity index (χ0) is 16.8. The fourth-order valence-corrected chi connectivity index (χ4v) is 3.42. The predicted octanol–water partition coefficient (Wildman–Crippen LogP) is 4.04. The second kappa shape index (κ2) is 5.53. The number of Topliss-reactive ketones (excluding diaryl/α,β-unsaturated/α-hetero) is 1. The third kappa shape index (κ3) is 2.64. The van der Waals surface area contributed by atoms with E-state index in [0.29, 0.717) is 12.0 Å². The molecule has 122 valence electrons. The van der Waals surface area contributed by atoms with E-state index in [0.717, 1.165) is 22.9 Å². The van der Waals surface area contributed by atoms with Gasteiger partial charge in [-0.15, -0.1) is 23.2 Å². The van der Waals surface area contributed by atoms with E-state index in [-0.39, 0.29) is 12.4 Å². The average Bonchev–Trinajstić information content (AvgIpc) is 2.88. The van der Waals surface area contributed by atoms with Crippen LogP contribution in [-0.4, -0.2) is 27.7 Å². The molecule has 2 aromatic rings. The predicted molar refractivity (Wildman–Crippen MR) is 90.1 cm³/mol. The molecule has 23 heavy (non-hydrogen) atoms. The maximum absolute atomic E-state index is 12.4. The fraction of sp³-hybridized carbons (Fsp3) is 0.412. The average molecular weight is 354 g/mol. The summed E-state index contributed by atoms with van der Waals surface area (Å²) < 4.78 is 4.03. The number of aryl methyl sites for hydroxylation is 1. The van der Waals surface area contributed by atoms with Gasteiger partial charge < -0.3 is 9.72 Å². The first kappa shape index (κ1) is 16.3. The van der Waals surface area contributed by atoms with Crippen molar-refractivity contribution in [1.29, 1.82) is 0 Å². The number of ketones is 1. The summed E-state index contributed by atoms with van der Waals surface area (Å²) in [6, 6.07) is 5.81. The van der Waals surface area contributed by atoms with Gasteiger partial charge in [0.25, 0.3) is 0 Å². The van der Waals surface area contributed by atoms with Crippen molar-refractivity contribution in [2.45, 2.75) is 31.0 Å². The number of aromatic amines is 1. The van der Waals surface area contributed by atoms with Crippen LogP contribution in [0.15, 0.2) is 24.4 Å². The first-order valence-corrected chi connectivity index (χ1v) is 8.23. The van der Waals surface area contributed by atoms with Gasteiger partial charge in [0.05, 0.1) is 0 Å². The number of ether oxygens (including phenoxy) is 1. The third-order valence-corrected chi connectivity index (χ3v) is 5.63. The normalized spacial score (nSPS) is 22.1. The molecule has 1 aromatic carbocycles. The summed E-state index contributed by atoms with van der Waals surface area (Å²) in [5.41, 5.74) is 1.68. The molecule has 1 saturated carbocycles. The maximum atomic E-state index is 12.4. The summed E-state index contributed by atoms with van der Waals surface area (Å²) in [5, 5.41) is 0.840. The largest absolute Gasteiger partial charge is 0.457 e. The molecular formula is C17H17Cl2NO3. The van der Waals surface area contributed by atoms with Crippen LogP contribution in [0.2, 0.25) is 0 Å². The number of carbonyl (C=O) groups is 2. The number of halogens is 2. The number of hydrogen-bond acceptors (Lipinski definition) is 3. The van der Waals surface area contributed by atoms with E-state index in [9.17, 15) is 9.59 Å². The number of para-hydroxylation sites is 1. The monoisotopic (exact) mass is 353 g/mol. The number of carbonyl (C=O) groups excluding carboxylic acids is 2. The summed E-state index contributed by atoms with van der Waals surface area (Å²) in [5.74, 6) is -0.790. The number of H-pyrrole nitrogens is 1. The fourth-order valence-electron chi connectivity index (χ4n) is 2.73. The van der Waals surface area contributed by atoms with Crippen molar-refractivity contribution < 1.29 is 14.3 Å². The molecule has 1 aliphatic rings. The molecule has 0 radical (unpaired) electrons. The van der Waals surface area contributed by atoms with Crippen LogP contribution in [0.4, 0.5) is 0 Å². The number of fused-ring (bicyclic) bond motifs is 1. The van der Waals surface area contributed by atoms with Crippen LogP contribution in [0.25, 0.3) is 10.9 Å². The number of alkyl halides is 2. The van der Waals surface area contributed by atoms with Crippen molar-refractivity contribution in [3.63, 3.8) is 0 Å². The minimum absolute atomic E-state index is 0.253. The van der Waals surface area contributed by atoms with Crippen LogP contribution in [0, 0.1) is 5.41 Å². The molecule has 0 amide bonds. The summed E-state index contributed by atoms with van der Waals surface area (Å²) in [7, 11) is 0. The van der Waals surface area contributed by atoms with Crippen molar-refractivity contribution in [2.75, 3.05) is 6.61 Å². The number of rotatable bonds is 5. The SMILES string of the molecule is CCc1cccc2c(C(=O)COC(=O)[C@@]3(C)CC3(Cl)Cl)c[nH]c12. The molecule has 0 unspecified atom stereocenters. The van der Waals surface area contributed by atoms with Gasteiger partial charge in [-0.3, -0.25) is 9.59 Å². The minimum Gasteiger partial charge on any atom is -0.457 e. The van der Waals surface area contributed by atoms with E-state index in [4.69, 9.17) is 27.9 Å². The number of aromatic nitrogens is 1. The van der Waals surface area contributed by atoms with Crippen LogP contribution in [-0.2, 0) is 16.0 Å². The van der Waals surface area contributed by atoms with E-state index in [1.807, 2.05) is 18.2 Å². The van der Waals surface area contributed by atoms with Crippen molar-refractivity contribution >= 4 is 45.9 Å². The molecule has 3 rings (SSSR count). The highest BCUT2D eigenvalue weighted by Gasteiger charge is 2.69. The summed E-state index contributed by atoms with van der Waals surface area (Å²) >= 11 is 11.9. The zero-order valence-electron chi connectivity index (χ0n) is 12.9. The van der Waals surface area contributed by atoms with E-state index < -0.39 is 15.7 Å². The maximum Gasteiger partial charge on any atom is 0.315 e. The molecular weight excluding hydrogens is 337 g/mol. The summed E-state index contributed by atoms with van der Waals surface area (Å²) in [4.78, 5) is 27.5. The first-order chi connectivity index (χ1) is 10.8. The Hall–Kier alpha value is -1.52. The molecule has 0 aliphatic heterocycles. The molecule has 1 heterocycles. The topological polar surface area (TPSA) is 59.2 Å². The zero-order valence-corrected chi connectivity index (χ0v) is 14.4. The number of hydrogen-bond donors (Lipinski definition) is 1. The highest BCUT2D eigenvalue weighted by atomic mass is 35.5. The van der Waals surface area contributed by atoms with Gasteiger partial charge in [0.15, 0.2) is 6.61 Å². The molecule has 0 bridgehead atoms. The molecule has 1 aliphatic carbocycles. The van der Waals surface area contributed by atoms with E-state index >= 15 is 0 Å². The second-order valence-electron chi connectivity index (χ2n) is 6.11. The number of benzene rings is 1. The lowest BCUT2D eigenvalue weighted by molar-refractivity contribution is -0.148. The molecule has 1 atom stereocenters. The van der Waals surface area contributed by atoms with Crippen LogP contribution in [0.5, 0.6) is 0 Å². The first-order valence-electron chi connectivity index (χ1n) is 7.47. The van der Waals surface area contributed by atoms with Crippen LogP contribution < -0.4 is 0 Å². The van der Waals surface area contributed by atoms with Crippen molar-refractivity contribution in [1.82, 2.24) is 4.98 Å². The standard InChI is InChI=1S/C17H17Cl2NO3/c1-3-10-5-4-6-11-12(7-20-14(10)11)13(21)8-23-15(22)16(2)9-17(16,18)19/h4-7,20H,3,8-9H2,1-2H3/t16-/m1/s1. The Morgan fingerprint density at radius 2 is 2.04 bits per heavy atom. The number of esters is 1. The van der Waals surface area contributed by atoms with E-state index in [1.54, 1.807) is 13.1 Å². The van der Waals surface area contributed by atoms with Gasteiger partial charge in [0.1, 0.15) is 9.75 Å². The molecule has 1 aromatic heterocycles. The van der Waals surface area contributed by atoms with Crippen molar-refractivity contribution in [2.24, 2.45) is 5.41 Å². The molecule has 4 nitrogen and oxygen atoms in total. The molecule has 6 heteroatoms. The highest BCUT2D eigenvalue weighted by molar-refractivity contribution is 6.53. The van der Waals surface area contributed by atoms with Crippen LogP contribution in [0.3, 0.4) is 0 Å². The smallest absolute Gasteiger partial charge is 0.315 e. The quantitative estimate of drug-likeness (QED) is 0.501. The molecule has 0 saturated heterocycles. The van der Waals surface area contributed by atoms with Crippen molar-refractivity contribution in [3.05, 3.63) is 35.5 Å². The minimum atomic E-state index is -1.09. The van der Waals surface area contributed by atoms with Gasteiger partial charge in [-0.25, -0.2) is 0 Å². The molecule has 0 spiro atoms. The second-order valence-corrected chi connectivity index (χ2v) is 7.59. The highest BCUT2D eigenvalue weighted by Crippen LogP contribution is 2.64. The van der Waals surface area contributed by atoms with Gasteiger partial charge in [-0.05, 0) is 18.9 Å². The van der Waals surface area contributed by atoms with Gasteiger partial charge in [-0.2, -0.15) is 0 Å². The summed E-state index contributed by atoms with van der Waals surface area (Å²) in [6.45, 7) is 3.38. The third-order valence-electron chi connectivity index (χ3n) is 4.53. The van der Waals surface area contributed by atoms with Crippen LogP contribution in [0.1, 0.15) is 36.2 Å². The Morgan fingerprint density at radius 3 is 2.65 bits per heavy atom. The Balaban J connectivity index is 1.74. The summed E-state index contributed by atoms with van der Waals surface area (Å²) in [6.07, 6.45) is 2.86.